The summed E-state index contributed by atoms with van der Waals surface area (Å²) in [6, 6.07) is 0.248. The van der Waals surface area contributed by atoms with Gasteiger partial charge in [0.1, 0.15) is 0 Å². The molecular formula is C11H18N2OS. The van der Waals surface area contributed by atoms with Gasteiger partial charge >= 0.3 is 0 Å². The molecule has 0 radical (unpaired) electrons. The van der Waals surface area contributed by atoms with Crippen molar-refractivity contribution in [3.8, 4) is 0 Å². The SMILES string of the molecule is Cc1ncsc1C(C)NOC1CCCC1. The molecule has 1 heterocycles. The van der Waals surface area contributed by atoms with E-state index in [1.165, 1.54) is 30.6 Å². The van der Waals surface area contributed by atoms with E-state index in [4.69, 9.17) is 4.84 Å². The third kappa shape index (κ3) is 2.77. The lowest BCUT2D eigenvalue weighted by atomic mass is 10.2. The van der Waals surface area contributed by atoms with Crippen LogP contribution in [-0.4, -0.2) is 11.1 Å². The van der Waals surface area contributed by atoms with Crippen molar-refractivity contribution in [3.05, 3.63) is 16.1 Å². The molecule has 1 saturated carbocycles. The van der Waals surface area contributed by atoms with Crippen molar-refractivity contribution < 1.29 is 4.84 Å². The number of aromatic nitrogens is 1. The van der Waals surface area contributed by atoms with E-state index in [-0.39, 0.29) is 6.04 Å². The zero-order chi connectivity index (χ0) is 10.7. The van der Waals surface area contributed by atoms with E-state index in [1.54, 1.807) is 11.3 Å². The van der Waals surface area contributed by atoms with E-state index in [9.17, 15) is 0 Å². The highest BCUT2D eigenvalue weighted by Gasteiger charge is 2.18. The molecule has 1 aliphatic carbocycles. The first-order valence-electron chi connectivity index (χ1n) is 5.58. The minimum Gasteiger partial charge on any atom is -0.298 e. The van der Waals surface area contributed by atoms with E-state index in [0.29, 0.717) is 6.10 Å². The Hall–Kier alpha value is -0.450. The van der Waals surface area contributed by atoms with Gasteiger partial charge in [0, 0.05) is 4.88 Å². The smallest absolute Gasteiger partial charge is 0.0798 e. The quantitative estimate of drug-likeness (QED) is 0.801. The Morgan fingerprint density at radius 1 is 1.53 bits per heavy atom. The Morgan fingerprint density at radius 3 is 2.87 bits per heavy atom. The number of hydrogen-bond donors (Lipinski definition) is 1. The highest BCUT2D eigenvalue weighted by atomic mass is 32.1. The highest BCUT2D eigenvalue weighted by molar-refractivity contribution is 7.09. The largest absolute Gasteiger partial charge is 0.298 e. The molecule has 4 heteroatoms. The van der Waals surface area contributed by atoms with Crippen molar-refractivity contribution in [2.24, 2.45) is 0 Å². The Balaban J connectivity index is 1.81. The molecule has 0 spiro atoms. The zero-order valence-electron chi connectivity index (χ0n) is 9.32. The Labute approximate surface area is 94.8 Å². The van der Waals surface area contributed by atoms with E-state index in [2.05, 4.69) is 17.4 Å². The molecule has 1 fully saturated rings. The summed E-state index contributed by atoms with van der Waals surface area (Å²) in [5.74, 6) is 0. The second-order valence-corrected chi connectivity index (χ2v) is 5.05. The maximum Gasteiger partial charge on any atom is 0.0798 e. The molecule has 0 aliphatic heterocycles. The normalized spacial score (nSPS) is 19.6. The lowest BCUT2D eigenvalue weighted by Gasteiger charge is -2.16. The van der Waals surface area contributed by atoms with Crippen LogP contribution in [0.2, 0.25) is 0 Å². The molecule has 15 heavy (non-hydrogen) atoms. The van der Waals surface area contributed by atoms with Gasteiger partial charge in [-0.1, -0.05) is 12.8 Å². The van der Waals surface area contributed by atoms with Crippen LogP contribution in [0.4, 0.5) is 0 Å². The van der Waals surface area contributed by atoms with Gasteiger partial charge < -0.3 is 0 Å². The van der Waals surface area contributed by atoms with E-state index >= 15 is 0 Å². The van der Waals surface area contributed by atoms with Gasteiger partial charge in [-0.2, -0.15) is 5.48 Å². The first kappa shape index (κ1) is 11.0. The first-order valence-corrected chi connectivity index (χ1v) is 6.46. The average Bonchev–Trinajstić information content (AvgIpc) is 2.84. The maximum absolute atomic E-state index is 5.67. The number of aryl methyl sites for hydroxylation is 1. The average molecular weight is 226 g/mol. The summed E-state index contributed by atoms with van der Waals surface area (Å²) in [4.78, 5) is 11.2. The number of rotatable bonds is 4. The minimum atomic E-state index is 0.248. The van der Waals surface area contributed by atoms with Crippen LogP contribution < -0.4 is 5.48 Å². The van der Waals surface area contributed by atoms with Crippen molar-refractivity contribution in [2.75, 3.05) is 0 Å². The molecule has 84 valence electrons. The number of hydroxylamine groups is 1. The van der Waals surface area contributed by atoms with Crippen molar-refractivity contribution in [2.45, 2.75) is 51.7 Å². The van der Waals surface area contributed by atoms with Crippen molar-refractivity contribution in [3.63, 3.8) is 0 Å². The van der Waals surface area contributed by atoms with E-state index < -0.39 is 0 Å². The Kier molecular flexibility index (Phi) is 3.72. The lowest BCUT2D eigenvalue weighted by molar-refractivity contribution is -0.0372. The summed E-state index contributed by atoms with van der Waals surface area (Å²) in [6.07, 6.45) is 5.42. The highest BCUT2D eigenvalue weighted by Crippen LogP contribution is 2.24. The molecule has 1 aromatic heterocycles. The van der Waals surface area contributed by atoms with Crippen molar-refractivity contribution in [1.29, 1.82) is 0 Å². The Morgan fingerprint density at radius 2 is 2.27 bits per heavy atom. The zero-order valence-corrected chi connectivity index (χ0v) is 10.1. The predicted octanol–water partition coefficient (Wildman–Crippen LogP) is 2.98. The second-order valence-electron chi connectivity index (χ2n) is 4.17. The number of nitrogens with one attached hydrogen (secondary N) is 1. The molecule has 0 saturated heterocycles. The molecule has 0 amide bonds. The van der Waals surface area contributed by atoms with Gasteiger partial charge in [0.2, 0.25) is 0 Å². The number of nitrogens with zero attached hydrogens (tertiary/aromatic N) is 1. The Bertz CT molecular complexity index is 307. The fraction of sp³-hybridized carbons (Fsp3) is 0.727. The summed E-state index contributed by atoms with van der Waals surface area (Å²) in [5.41, 5.74) is 6.13. The number of thiazole rings is 1. The van der Waals surface area contributed by atoms with Crippen LogP contribution in [-0.2, 0) is 4.84 Å². The van der Waals surface area contributed by atoms with Gasteiger partial charge in [-0.3, -0.25) is 4.84 Å². The summed E-state index contributed by atoms with van der Waals surface area (Å²) < 4.78 is 0. The van der Waals surface area contributed by atoms with E-state index in [0.717, 1.165) is 5.69 Å². The summed E-state index contributed by atoms with van der Waals surface area (Å²) in [6.45, 7) is 4.16. The molecule has 1 unspecified atom stereocenters. The van der Waals surface area contributed by atoms with Crippen LogP contribution in [0.5, 0.6) is 0 Å². The van der Waals surface area contributed by atoms with Gasteiger partial charge in [0.15, 0.2) is 0 Å². The molecule has 0 bridgehead atoms. The molecular weight excluding hydrogens is 208 g/mol. The minimum absolute atomic E-state index is 0.248. The summed E-state index contributed by atoms with van der Waals surface area (Å²) >= 11 is 1.69. The van der Waals surface area contributed by atoms with Gasteiger partial charge in [-0.25, -0.2) is 4.98 Å². The third-order valence-corrected chi connectivity index (χ3v) is 4.00. The standard InChI is InChI=1S/C11H18N2OS/c1-8-11(15-7-12-8)9(2)13-14-10-5-3-4-6-10/h7,9-10,13H,3-6H2,1-2H3. The molecule has 3 nitrogen and oxygen atoms in total. The predicted molar refractivity (Wildman–Crippen MR) is 61.7 cm³/mol. The van der Waals surface area contributed by atoms with Crippen molar-refractivity contribution >= 4 is 11.3 Å². The van der Waals surface area contributed by atoms with Gasteiger partial charge in [0.25, 0.3) is 0 Å². The van der Waals surface area contributed by atoms with E-state index in [1.807, 2.05) is 12.4 Å². The molecule has 2 rings (SSSR count). The molecule has 1 aliphatic rings. The maximum atomic E-state index is 5.67. The van der Waals surface area contributed by atoms with Crippen LogP contribution in [0.15, 0.2) is 5.51 Å². The van der Waals surface area contributed by atoms with Gasteiger partial charge in [-0.15, -0.1) is 11.3 Å². The summed E-state index contributed by atoms with van der Waals surface area (Å²) in [5, 5.41) is 0. The summed E-state index contributed by atoms with van der Waals surface area (Å²) in [7, 11) is 0. The molecule has 1 aromatic rings. The third-order valence-electron chi connectivity index (χ3n) is 2.89. The van der Waals surface area contributed by atoms with Crippen LogP contribution in [0.3, 0.4) is 0 Å². The van der Waals surface area contributed by atoms with Crippen LogP contribution >= 0.6 is 11.3 Å². The van der Waals surface area contributed by atoms with Gasteiger partial charge in [-0.05, 0) is 26.7 Å². The van der Waals surface area contributed by atoms with Crippen LogP contribution in [0.25, 0.3) is 0 Å². The first-order chi connectivity index (χ1) is 7.27. The topological polar surface area (TPSA) is 34.2 Å². The van der Waals surface area contributed by atoms with Gasteiger partial charge in [0.05, 0.1) is 23.4 Å². The van der Waals surface area contributed by atoms with Crippen LogP contribution in [0.1, 0.15) is 49.2 Å². The second kappa shape index (κ2) is 5.05. The molecule has 1 atom stereocenters. The number of hydrogen-bond acceptors (Lipinski definition) is 4. The fourth-order valence-corrected chi connectivity index (χ4v) is 2.78. The van der Waals surface area contributed by atoms with Crippen LogP contribution in [0, 0.1) is 6.92 Å². The van der Waals surface area contributed by atoms with Crippen molar-refractivity contribution in [1.82, 2.24) is 10.5 Å². The fourth-order valence-electron chi connectivity index (χ4n) is 1.98. The molecule has 0 aromatic carbocycles. The molecule has 1 N–H and O–H groups in total. The lowest BCUT2D eigenvalue weighted by Crippen LogP contribution is -2.24. The monoisotopic (exact) mass is 226 g/mol.